The Hall–Kier alpha value is -3.33. The number of fused-ring (bicyclic) bond motifs is 3. The number of thioether (sulfide) groups is 1. The zero-order valence-corrected chi connectivity index (χ0v) is 18.4. The molecule has 1 fully saturated rings. The van der Waals surface area contributed by atoms with Crippen molar-refractivity contribution in [3.8, 4) is 0 Å². The van der Waals surface area contributed by atoms with Gasteiger partial charge in [-0.2, -0.15) is 0 Å². The quantitative estimate of drug-likeness (QED) is 0.392. The molecule has 4 rings (SSSR count). The van der Waals surface area contributed by atoms with Gasteiger partial charge < -0.3 is 15.0 Å². The Bertz CT molecular complexity index is 1060. The lowest BCUT2D eigenvalue weighted by Crippen LogP contribution is -2.67. The summed E-state index contributed by atoms with van der Waals surface area (Å²) in [5, 5.41) is 2.71. The van der Waals surface area contributed by atoms with Crippen LogP contribution in [0.5, 0.6) is 0 Å². The number of hydrogen-bond donors (Lipinski definition) is 1. The Kier molecular flexibility index (Phi) is 6.18. The lowest BCUT2D eigenvalue weighted by Gasteiger charge is -2.46. The molecule has 2 aromatic carbocycles. The summed E-state index contributed by atoms with van der Waals surface area (Å²) < 4.78 is 5.30. The number of carbonyl (C=O) groups is 4. The van der Waals surface area contributed by atoms with Gasteiger partial charge in [0.25, 0.3) is 11.8 Å². The summed E-state index contributed by atoms with van der Waals surface area (Å²) in [7, 11) is 1.48. The maximum absolute atomic E-state index is 13.1. The van der Waals surface area contributed by atoms with Crippen LogP contribution in [0.4, 0.5) is 5.69 Å². The van der Waals surface area contributed by atoms with Gasteiger partial charge in [-0.05, 0) is 24.3 Å². The topological polar surface area (TPSA) is 96.0 Å². The molecule has 32 heavy (non-hydrogen) atoms. The molecule has 2 aromatic rings. The van der Waals surface area contributed by atoms with E-state index in [1.807, 2.05) is 30.3 Å². The van der Waals surface area contributed by atoms with Crippen molar-refractivity contribution >= 4 is 41.1 Å². The predicted octanol–water partition coefficient (Wildman–Crippen LogP) is 2.05. The molecule has 0 aromatic heterocycles. The molecule has 3 amide bonds. The molecule has 0 radical (unpaired) electrons. The minimum absolute atomic E-state index is 0.101. The van der Waals surface area contributed by atoms with Crippen molar-refractivity contribution in [1.29, 1.82) is 0 Å². The van der Waals surface area contributed by atoms with E-state index in [1.54, 1.807) is 36.0 Å². The number of anilines is 1. The molecule has 9 heteroatoms. The molecule has 166 valence electrons. The van der Waals surface area contributed by atoms with E-state index in [-0.39, 0.29) is 24.7 Å². The molecular weight excluding hydrogens is 430 g/mol. The third kappa shape index (κ3) is 3.84. The Morgan fingerprint density at radius 3 is 2.59 bits per heavy atom. The van der Waals surface area contributed by atoms with Gasteiger partial charge >= 0.3 is 5.97 Å². The minimum Gasteiger partial charge on any atom is -0.452 e. The number of hydrogen-bond acceptors (Lipinski definition) is 6. The van der Waals surface area contributed by atoms with Crippen LogP contribution >= 0.6 is 11.8 Å². The number of likely N-dealkylation sites (N-methyl/N-ethyl adjacent to an activating group) is 1. The standard InChI is InChI=1S/C23H23N3O5S/c1-25-21(29)17-9-5-6-10-18(17)26-20(28)11-12-23(25,26)22(30)31-15-19(27)24-13-14-32-16-7-3-2-4-8-16/h2-10H,11-15H2,1H3,(H,24,27). The van der Waals surface area contributed by atoms with Crippen LogP contribution in [-0.4, -0.2) is 60.2 Å². The number of benzene rings is 2. The van der Waals surface area contributed by atoms with E-state index >= 15 is 0 Å². The van der Waals surface area contributed by atoms with Crippen molar-refractivity contribution in [3.05, 3.63) is 60.2 Å². The van der Waals surface area contributed by atoms with Crippen molar-refractivity contribution in [2.24, 2.45) is 0 Å². The summed E-state index contributed by atoms with van der Waals surface area (Å²) in [6, 6.07) is 16.5. The number of amides is 3. The molecule has 1 N–H and O–H groups in total. The molecule has 0 spiro atoms. The first-order chi connectivity index (χ1) is 15.4. The van der Waals surface area contributed by atoms with Crippen LogP contribution in [0, 0.1) is 0 Å². The summed E-state index contributed by atoms with van der Waals surface area (Å²) in [5.74, 6) is -1.20. The Morgan fingerprint density at radius 2 is 1.81 bits per heavy atom. The zero-order valence-electron chi connectivity index (χ0n) is 17.6. The third-order valence-corrected chi connectivity index (χ3v) is 6.65. The van der Waals surface area contributed by atoms with Crippen LogP contribution in [0.1, 0.15) is 23.2 Å². The third-order valence-electron chi connectivity index (χ3n) is 5.64. The van der Waals surface area contributed by atoms with Crippen molar-refractivity contribution in [2.75, 3.05) is 30.9 Å². The highest BCUT2D eigenvalue weighted by molar-refractivity contribution is 7.99. The monoisotopic (exact) mass is 453 g/mol. The SMILES string of the molecule is CN1C(=O)c2ccccc2N2C(=O)CCC12C(=O)OCC(=O)NCCSc1ccccc1. The number of nitrogens with zero attached hydrogens (tertiary/aromatic N) is 2. The van der Waals surface area contributed by atoms with E-state index in [2.05, 4.69) is 5.32 Å². The highest BCUT2D eigenvalue weighted by Crippen LogP contribution is 2.44. The summed E-state index contributed by atoms with van der Waals surface area (Å²) in [6.45, 7) is -0.0697. The number of rotatable bonds is 7. The number of para-hydroxylation sites is 1. The van der Waals surface area contributed by atoms with Gasteiger partial charge in [-0.1, -0.05) is 30.3 Å². The summed E-state index contributed by atoms with van der Waals surface area (Å²) in [6.07, 6.45) is 0.209. The highest BCUT2D eigenvalue weighted by Gasteiger charge is 2.60. The number of carbonyl (C=O) groups excluding carboxylic acids is 4. The van der Waals surface area contributed by atoms with Crippen LogP contribution in [0.3, 0.4) is 0 Å². The van der Waals surface area contributed by atoms with E-state index in [0.717, 1.165) is 4.90 Å². The van der Waals surface area contributed by atoms with Crippen LogP contribution < -0.4 is 10.2 Å². The molecule has 1 unspecified atom stereocenters. The fourth-order valence-electron chi connectivity index (χ4n) is 4.06. The fraction of sp³-hybridized carbons (Fsp3) is 0.304. The Morgan fingerprint density at radius 1 is 1.09 bits per heavy atom. The van der Waals surface area contributed by atoms with Gasteiger partial charge in [0.1, 0.15) is 0 Å². The molecule has 8 nitrogen and oxygen atoms in total. The van der Waals surface area contributed by atoms with Gasteiger partial charge in [0.2, 0.25) is 11.6 Å². The first kappa shape index (κ1) is 21.9. The average Bonchev–Trinajstić information content (AvgIpc) is 3.18. The first-order valence-corrected chi connectivity index (χ1v) is 11.3. The summed E-state index contributed by atoms with van der Waals surface area (Å²) in [4.78, 5) is 54.6. The molecule has 0 saturated carbocycles. The van der Waals surface area contributed by atoms with Gasteiger partial charge in [-0.15, -0.1) is 11.8 Å². The molecule has 1 saturated heterocycles. The zero-order chi connectivity index (χ0) is 22.7. The second-order valence-electron chi connectivity index (χ2n) is 7.51. The Balaban J connectivity index is 1.38. The van der Waals surface area contributed by atoms with Gasteiger partial charge in [0.05, 0.1) is 11.3 Å². The van der Waals surface area contributed by atoms with Gasteiger partial charge in [-0.25, -0.2) is 4.79 Å². The predicted molar refractivity (Wildman–Crippen MR) is 119 cm³/mol. The molecule has 0 aliphatic carbocycles. The second-order valence-corrected chi connectivity index (χ2v) is 8.68. The molecular formula is C23H23N3O5S. The van der Waals surface area contributed by atoms with E-state index in [4.69, 9.17) is 4.74 Å². The largest absolute Gasteiger partial charge is 0.452 e. The van der Waals surface area contributed by atoms with Crippen molar-refractivity contribution < 1.29 is 23.9 Å². The van der Waals surface area contributed by atoms with Crippen LogP contribution in [-0.2, 0) is 19.1 Å². The minimum atomic E-state index is -1.58. The molecule has 1 atom stereocenters. The summed E-state index contributed by atoms with van der Waals surface area (Å²) in [5.41, 5.74) is -0.842. The van der Waals surface area contributed by atoms with Crippen LogP contribution in [0.25, 0.3) is 0 Å². The number of nitrogens with one attached hydrogen (secondary N) is 1. The van der Waals surface area contributed by atoms with Crippen molar-refractivity contribution in [1.82, 2.24) is 10.2 Å². The lowest BCUT2D eigenvalue weighted by atomic mass is 9.97. The number of esters is 1. The van der Waals surface area contributed by atoms with Crippen LogP contribution in [0.15, 0.2) is 59.5 Å². The maximum atomic E-state index is 13.1. The molecule has 2 aliphatic rings. The first-order valence-electron chi connectivity index (χ1n) is 10.3. The lowest BCUT2D eigenvalue weighted by molar-refractivity contribution is -0.159. The van der Waals surface area contributed by atoms with E-state index in [0.29, 0.717) is 23.5 Å². The fourth-order valence-corrected chi connectivity index (χ4v) is 4.85. The maximum Gasteiger partial charge on any atom is 0.354 e. The van der Waals surface area contributed by atoms with Gasteiger partial charge in [0, 0.05) is 37.1 Å². The van der Waals surface area contributed by atoms with Crippen LogP contribution in [0.2, 0.25) is 0 Å². The molecule has 0 bridgehead atoms. The normalized spacial score (nSPS) is 19.4. The van der Waals surface area contributed by atoms with E-state index in [9.17, 15) is 19.2 Å². The smallest absolute Gasteiger partial charge is 0.354 e. The van der Waals surface area contributed by atoms with Gasteiger partial charge in [-0.3, -0.25) is 19.3 Å². The second kappa shape index (κ2) is 9.04. The van der Waals surface area contributed by atoms with E-state index in [1.165, 1.54) is 16.8 Å². The van der Waals surface area contributed by atoms with Gasteiger partial charge in [0.15, 0.2) is 6.61 Å². The van der Waals surface area contributed by atoms with Crippen molar-refractivity contribution in [3.63, 3.8) is 0 Å². The summed E-state index contributed by atoms with van der Waals surface area (Å²) >= 11 is 1.60. The molecule has 2 heterocycles. The molecule has 2 aliphatic heterocycles. The average molecular weight is 454 g/mol. The Labute approximate surface area is 189 Å². The number of ether oxygens (including phenoxy) is 1. The van der Waals surface area contributed by atoms with Crippen molar-refractivity contribution in [2.45, 2.75) is 23.4 Å². The highest BCUT2D eigenvalue weighted by atomic mass is 32.2. The van der Waals surface area contributed by atoms with E-state index < -0.39 is 24.1 Å².